The molecule has 0 saturated heterocycles. The van der Waals surface area contributed by atoms with Crippen LogP contribution < -0.4 is 0 Å². The van der Waals surface area contributed by atoms with Gasteiger partial charge in [-0.2, -0.15) is 0 Å². The van der Waals surface area contributed by atoms with E-state index in [0.29, 0.717) is 12.6 Å². The first-order valence-electron chi connectivity index (χ1n) is 5.19. The first-order chi connectivity index (χ1) is 6.80. The molecule has 72 valence electrons. The number of rotatable bonds is 4. The lowest BCUT2D eigenvalue weighted by Gasteiger charge is -2.23. The standard InChI is InChI=1S/C13H17B/c1-4-7-13-9-12(6-3)10-14(11-13)8-5-2/h3-5,10,13H,1-2,7-9,11H2. The van der Waals surface area contributed by atoms with E-state index >= 15 is 0 Å². The minimum absolute atomic E-state index is 0.595. The molecule has 14 heavy (non-hydrogen) atoms. The van der Waals surface area contributed by atoms with Crippen molar-refractivity contribution in [1.29, 1.82) is 0 Å². The molecule has 1 aliphatic rings. The van der Waals surface area contributed by atoms with Crippen molar-refractivity contribution in [3.05, 3.63) is 36.9 Å². The van der Waals surface area contributed by atoms with E-state index in [1.165, 1.54) is 6.32 Å². The van der Waals surface area contributed by atoms with Crippen molar-refractivity contribution >= 4 is 6.71 Å². The lowest BCUT2D eigenvalue weighted by atomic mass is 9.40. The Hall–Kier alpha value is -1.16. The topological polar surface area (TPSA) is 0 Å². The first-order valence-corrected chi connectivity index (χ1v) is 5.19. The summed E-state index contributed by atoms with van der Waals surface area (Å²) in [5.74, 6) is 5.70. The molecule has 0 nitrogen and oxygen atoms in total. The van der Waals surface area contributed by atoms with Crippen LogP contribution in [-0.2, 0) is 0 Å². The Bertz CT molecular complexity index is 280. The Morgan fingerprint density at radius 1 is 1.57 bits per heavy atom. The Morgan fingerprint density at radius 2 is 2.36 bits per heavy atom. The molecule has 0 aromatic heterocycles. The van der Waals surface area contributed by atoms with Gasteiger partial charge in [-0.15, -0.1) is 25.6 Å². The quantitative estimate of drug-likeness (QED) is 0.357. The molecule has 1 aliphatic heterocycles. The van der Waals surface area contributed by atoms with Crippen LogP contribution in [-0.4, -0.2) is 6.71 Å². The van der Waals surface area contributed by atoms with Gasteiger partial charge in [0.25, 0.3) is 0 Å². The average molecular weight is 184 g/mol. The van der Waals surface area contributed by atoms with Crippen LogP contribution in [0, 0.1) is 18.3 Å². The van der Waals surface area contributed by atoms with Gasteiger partial charge in [-0.1, -0.05) is 30.7 Å². The van der Waals surface area contributed by atoms with E-state index in [-0.39, 0.29) is 0 Å². The molecule has 0 spiro atoms. The van der Waals surface area contributed by atoms with E-state index in [4.69, 9.17) is 6.42 Å². The monoisotopic (exact) mass is 184 g/mol. The van der Waals surface area contributed by atoms with E-state index < -0.39 is 0 Å². The molecule has 0 aromatic carbocycles. The van der Waals surface area contributed by atoms with Crippen LogP contribution in [0.15, 0.2) is 36.9 Å². The van der Waals surface area contributed by atoms with Crippen LogP contribution in [0.25, 0.3) is 0 Å². The fraction of sp³-hybridized carbons (Fsp3) is 0.385. The van der Waals surface area contributed by atoms with Gasteiger partial charge in [-0.3, -0.25) is 0 Å². The highest BCUT2D eigenvalue weighted by Crippen LogP contribution is 2.28. The zero-order valence-electron chi connectivity index (χ0n) is 8.71. The molecular weight excluding hydrogens is 167 g/mol. The summed E-state index contributed by atoms with van der Waals surface area (Å²) in [7, 11) is 0. The first kappa shape index (κ1) is 10.9. The van der Waals surface area contributed by atoms with Crippen molar-refractivity contribution in [3.63, 3.8) is 0 Å². The third kappa shape index (κ3) is 2.96. The SMILES string of the molecule is C#CC1=CB(CC=C)CC(CC=C)C1. The van der Waals surface area contributed by atoms with Gasteiger partial charge in [-0.05, 0) is 24.3 Å². The molecule has 0 saturated carbocycles. The Balaban J connectivity index is 2.66. The summed E-state index contributed by atoms with van der Waals surface area (Å²) in [6, 6.07) is 0. The van der Waals surface area contributed by atoms with Gasteiger partial charge in [0.05, 0.1) is 0 Å². The van der Waals surface area contributed by atoms with Gasteiger partial charge in [0, 0.05) is 0 Å². The summed E-state index contributed by atoms with van der Waals surface area (Å²) in [5, 5.41) is 0. The maximum absolute atomic E-state index is 5.45. The molecule has 0 radical (unpaired) electrons. The van der Waals surface area contributed by atoms with E-state index in [2.05, 4.69) is 25.1 Å². The van der Waals surface area contributed by atoms with Gasteiger partial charge in [0.1, 0.15) is 0 Å². The predicted molar refractivity (Wildman–Crippen MR) is 65.4 cm³/mol. The van der Waals surface area contributed by atoms with E-state index in [1.807, 2.05) is 12.2 Å². The minimum Gasteiger partial charge on any atom is -0.115 e. The maximum Gasteiger partial charge on any atom is 0.171 e. The van der Waals surface area contributed by atoms with Crippen LogP contribution in [0.3, 0.4) is 0 Å². The summed E-state index contributed by atoms with van der Waals surface area (Å²) >= 11 is 0. The summed E-state index contributed by atoms with van der Waals surface area (Å²) in [4.78, 5) is 0. The molecule has 1 atom stereocenters. The van der Waals surface area contributed by atoms with Crippen LogP contribution in [0.2, 0.25) is 12.6 Å². The van der Waals surface area contributed by atoms with Gasteiger partial charge in [0.2, 0.25) is 0 Å². The molecule has 0 N–H and O–H groups in total. The molecule has 1 heteroatoms. The highest BCUT2D eigenvalue weighted by Gasteiger charge is 2.22. The Kier molecular flexibility index (Phi) is 4.33. The molecule has 1 unspecified atom stereocenters. The molecule has 0 fully saturated rings. The summed E-state index contributed by atoms with van der Waals surface area (Å²) in [6.07, 6.45) is 13.8. The van der Waals surface area contributed by atoms with Crippen LogP contribution >= 0.6 is 0 Å². The highest BCUT2D eigenvalue weighted by molar-refractivity contribution is 6.65. The van der Waals surface area contributed by atoms with E-state index in [9.17, 15) is 0 Å². The normalized spacial score (nSPS) is 20.9. The van der Waals surface area contributed by atoms with Crippen molar-refractivity contribution in [1.82, 2.24) is 0 Å². The van der Waals surface area contributed by atoms with Gasteiger partial charge >= 0.3 is 0 Å². The van der Waals surface area contributed by atoms with Crippen molar-refractivity contribution in [3.8, 4) is 12.3 Å². The van der Waals surface area contributed by atoms with Gasteiger partial charge in [0.15, 0.2) is 6.71 Å². The minimum atomic E-state index is 0.595. The summed E-state index contributed by atoms with van der Waals surface area (Å²) in [6.45, 7) is 8.16. The molecular formula is C13H17B. The Morgan fingerprint density at radius 3 is 2.93 bits per heavy atom. The second-order valence-electron chi connectivity index (χ2n) is 3.95. The molecule has 1 rings (SSSR count). The molecule has 0 amide bonds. The molecule has 0 bridgehead atoms. The van der Waals surface area contributed by atoms with Gasteiger partial charge in [-0.25, -0.2) is 0 Å². The highest BCUT2D eigenvalue weighted by atomic mass is 14.1. The predicted octanol–water partition coefficient (Wildman–Crippen LogP) is 3.36. The number of terminal acetylenes is 1. The van der Waals surface area contributed by atoms with Crippen molar-refractivity contribution in [2.24, 2.45) is 5.92 Å². The number of allylic oxidation sites excluding steroid dienone is 3. The fourth-order valence-electron chi connectivity index (χ4n) is 2.14. The third-order valence-corrected chi connectivity index (χ3v) is 2.74. The van der Waals surface area contributed by atoms with Crippen molar-refractivity contribution in [2.45, 2.75) is 25.5 Å². The van der Waals surface area contributed by atoms with Crippen LogP contribution in [0.1, 0.15) is 12.8 Å². The lowest BCUT2D eigenvalue weighted by molar-refractivity contribution is 0.582. The number of hydrogen-bond donors (Lipinski definition) is 0. The Labute approximate surface area is 87.9 Å². The van der Waals surface area contributed by atoms with Crippen LogP contribution in [0.4, 0.5) is 0 Å². The van der Waals surface area contributed by atoms with E-state index in [1.54, 1.807) is 0 Å². The smallest absolute Gasteiger partial charge is 0.115 e. The molecule has 0 aliphatic carbocycles. The molecule has 0 aromatic rings. The summed E-state index contributed by atoms with van der Waals surface area (Å²) < 4.78 is 0. The number of hydrogen-bond acceptors (Lipinski definition) is 0. The van der Waals surface area contributed by atoms with E-state index in [0.717, 1.165) is 24.7 Å². The fourth-order valence-corrected chi connectivity index (χ4v) is 2.14. The zero-order valence-corrected chi connectivity index (χ0v) is 8.71. The second kappa shape index (κ2) is 5.55. The third-order valence-electron chi connectivity index (χ3n) is 2.74. The zero-order chi connectivity index (χ0) is 10.4. The van der Waals surface area contributed by atoms with Crippen molar-refractivity contribution < 1.29 is 0 Å². The maximum atomic E-state index is 5.45. The lowest BCUT2D eigenvalue weighted by Crippen LogP contribution is -2.20. The second-order valence-corrected chi connectivity index (χ2v) is 3.95. The van der Waals surface area contributed by atoms with Gasteiger partial charge < -0.3 is 0 Å². The molecule has 1 heterocycles. The largest absolute Gasteiger partial charge is 0.171 e. The van der Waals surface area contributed by atoms with Crippen molar-refractivity contribution in [2.75, 3.05) is 0 Å². The summed E-state index contributed by atoms with van der Waals surface area (Å²) in [5.41, 5.74) is 1.16. The average Bonchev–Trinajstić information content (AvgIpc) is 2.18. The van der Waals surface area contributed by atoms with Crippen LogP contribution in [0.5, 0.6) is 0 Å².